The van der Waals surface area contributed by atoms with Crippen LogP contribution in [-0.2, 0) is 0 Å². The Labute approximate surface area is 134 Å². The minimum absolute atomic E-state index is 0.574. The molecule has 3 rings (SSSR count). The van der Waals surface area contributed by atoms with Gasteiger partial charge in [0.1, 0.15) is 0 Å². The smallest absolute Gasteiger partial charge is 0.0145 e. The van der Waals surface area contributed by atoms with Gasteiger partial charge in [-0.05, 0) is 81.6 Å². The highest BCUT2D eigenvalue weighted by atomic mass is 14.1. The molecular formula is C22H26. The van der Waals surface area contributed by atoms with Crippen LogP contribution in [0.1, 0.15) is 61.8 Å². The second-order valence-corrected chi connectivity index (χ2v) is 7.22. The summed E-state index contributed by atoms with van der Waals surface area (Å²) in [5.74, 6) is 1.15. The Morgan fingerprint density at radius 3 is 1.91 bits per heavy atom. The van der Waals surface area contributed by atoms with Crippen molar-refractivity contribution >= 4 is 21.5 Å². The molecule has 114 valence electrons. The van der Waals surface area contributed by atoms with Crippen LogP contribution in [-0.4, -0.2) is 0 Å². The van der Waals surface area contributed by atoms with E-state index in [1.54, 1.807) is 0 Å². The maximum atomic E-state index is 2.38. The van der Waals surface area contributed by atoms with Gasteiger partial charge in [-0.2, -0.15) is 0 Å². The lowest BCUT2D eigenvalue weighted by atomic mass is 9.89. The van der Waals surface area contributed by atoms with Crippen molar-refractivity contribution in [1.82, 2.24) is 0 Å². The molecule has 3 aromatic rings. The molecule has 0 radical (unpaired) electrons. The first kappa shape index (κ1) is 15.1. The van der Waals surface area contributed by atoms with Gasteiger partial charge in [-0.1, -0.05) is 52.0 Å². The molecule has 0 heteroatoms. The van der Waals surface area contributed by atoms with Gasteiger partial charge in [-0.15, -0.1) is 0 Å². The average molecular weight is 290 g/mol. The summed E-state index contributed by atoms with van der Waals surface area (Å²) in [6, 6.07) is 14.0. The molecule has 0 unspecified atom stereocenters. The van der Waals surface area contributed by atoms with Crippen molar-refractivity contribution in [2.24, 2.45) is 0 Å². The summed E-state index contributed by atoms with van der Waals surface area (Å²) >= 11 is 0. The second-order valence-electron chi connectivity index (χ2n) is 7.22. The standard InChI is InChI=1S/C22H26/c1-13(2)20-8-7-17-10-19-11-21(14(3)4)15(5)9-18(19)12-22(17)16(20)6/h7-14H,1-6H3. The van der Waals surface area contributed by atoms with Crippen LogP contribution in [0.2, 0.25) is 0 Å². The maximum Gasteiger partial charge on any atom is -0.0145 e. The molecule has 3 aromatic carbocycles. The molecule has 0 N–H and O–H groups in total. The van der Waals surface area contributed by atoms with Crippen LogP contribution in [0.4, 0.5) is 0 Å². The van der Waals surface area contributed by atoms with Crippen LogP contribution in [0.3, 0.4) is 0 Å². The van der Waals surface area contributed by atoms with Crippen molar-refractivity contribution in [2.45, 2.75) is 53.4 Å². The molecule has 22 heavy (non-hydrogen) atoms. The molecule has 0 aliphatic heterocycles. The minimum atomic E-state index is 0.574. The fraction of sp³-hybridized carbons (Fsp3) is 0.364. The molecule has 0 aliphatic carbocycles. The lowest BCUT2D eigenvalue weighted by Crippen LogP contribution is -1.95. The Balaban J connectivity index is 2.33. The average Bonchev–Trinajstić information content (AvgIpc) is 2.45. The molecule has 0 saturated carbocycles. The Bertz CT molecular complexity index is 845. The third-order valence-corrected chi connectivity index (χ3v) is 4.92. The largest absolute Gasteiger partial charge is 0.0587 e. The molecule has 0 saturated heterocycles. The highest BCUT2D eigenvalue weighted by Crippen LogP contribution is 2.32. The van der Waals surface area contributed by atoms with Gasteiger partial charge in [0.25, 0.3) is 0 Å². The van der Waals surface area contributed by atoms with E-state index in [1.807, 2.05) is 0 Å². The summed E-state index contributed by atoms with van der Waals surface area (Å²) in [6.07, 6.45) is 0. The van der Waals surface area contributed by atoms with Crippen molar-refractivity contribution in [1.29, 1.82) is 0 Å². The van der Waals surface area contributed by atoms with E-state index in [2.05, 4.69) is 77.9 Å². The summed E-state index contributed by atoms with van der Waals surface area (Å²) < 4.78 is 0. The lowest BCUT2D eigenvalue weighted by Gasteiger charge is -2.15. The first-order valence-corrected chi connectivity index (χ1v) is 8.36. The van der Waals surface area contributed by atoms with E-state index in [0.29, 0.717) is 11.8 Å². The Kier molecular flexibility index (Phi) is 3.72. The van der Waals surface area contributed by atoms with Gasteiger partial charge in [-0.3, -0.25) is 0 Å². The molecule has 0 aromatic heterocycles. The topological polar surface area (TPSA) is 0 Å². The number of benzene rings is 3. The van der Waals surface area contributed by atoms with E-state index in [9.17, 15) is 0 Å². The molecule has 0 fully saturated rings. The summed E-state index contributed by atoms with van der Waals surface area (Å²) in [6.45, 7) is 13.6. The van der Waals surface area contributed by atoms with Gasteiger partial charge in [0.15, 0.2) is 0 Å². The van der Waals surface area contributed by atoms with Crippen LogP contribution < -0.4 is 0 Å². The second kappa shape index (κ2) is 5.43. The maximum absolute atomic E-state index is 2.38. The van der Waals surface area contributed by atoms with Gasteiger partial charge in [-0.25, -0.2) is 0 Å². The first-order chi connectivity index (χ1) is 10.4. The van der Waals surface area contributed by atoms with Crippen LogP contribution >= 0.6 is 0 Å². The van der Waals surface area contributed by atoms with E-state index in [-0.39, 0.29) is 0 Å². The van der Waals surface area contributed by atoms with Gasteiger partial charge >= 0.3 is 0 Å². The fourth-order valence-corrected chi connectivity index (χ4v) is 3.67. The zero-order valence-electron chi connectivity index (χ0n) is 14.6. The van der Waals surface area contributed by atoms with E-state index >= 15 is 0 Å². The fourth-order valence-electron chi connectivity index (χ4n) is 3.67. The molecule has 0 amide bonds. The zero-order valence-corrected chi connectivity index (χ0v) is 14.6. The van der Waals surface area contributed by atoms with Crippen LogP contribution in [0, 0.1) is 13.8 Å². The third-order valence-electron chi connectivity index (χ3n) is 4.92. The van der Waals surface area contributed by atoms with Crippen molar-refractivity contribution < 1.29 is 0 Å². The SMILES string of the molecule is Cc1cc2cc3c(C)c(C(C)C)ccc3cc2cc1C(C)C. The summed E-state index contributed by atoms with van der Waals surface area (Å²) in [4.78, 5) is 0. The van der Waals surface area contributed by atoms with Crippen molar-refractivity contribution in [2.75, 3.05) is 0 Å². The predicted molar refractivity (Wildman–Crippen MR) is 99.1 cm³/mol. The molecular weight excluding hydrogens is 264 g/mol. The van der Waals surface area contributed by atoms with Crippen molar-refractivity contribution in [3.05, 3.63) is 58.7 Å². The van der Waals surface area contributed by atoms with Gasteiger partial charge in [0.05, 0.1) is 0 Å². The van der Waals surface area contributed by atoms with Gasteiger partial charge in [0, 0.05) is 0 Å². The number of aryl methyl sites for hydroxylation is 2. The van der Waals surface area contributed by atoms with Crippen molar-refractivity contribution in [3.8, 4) is 0 Å². The van der Waals surface area contributed by atoms with Gasteiger partial charge in [0.2, 0.25) is 0 Å². The van der Waals surface area contributed by atoms with E-state index in [4.69, 9.17) is 0 Å². The highest BCUT2D eigenvalue weighted by molar-refractivity contribution is 6.00. The Morgan fingerprint density at radius 2 is 1.27 bits per heavy atom. The monoisotopic (exact) mass is 290 g/mol. The molecule has 0 aliphatic rings. The van der Waals surface area contributed by atoms with Crippen LogP contribution in [0.15, 0.2) is 36.4 Å². The molecule has 0 heterocycles. The zero-order chi connectivity index (χ0) is 16.0. The van der Waals surface area contributed by atoms with E-state index < -0.39 is 0 Å². The lowest BCUT2D eigenvalue weighted by molar-refractivity contribution is 0.858. The summed E-state index contributed by atoms with van der Waals surface area (Å²) in [5, 5.41) is 5.47. The number of rotatable bonds is 2. The van der Waals surface area contributed by atoms with Gasteiger partial charge < -0.3 is 0 Å². The number of hydrogen-bond donors (Lipinski definition) is 0. The minimum Gasteiger partial charge on any atom is -0.0587 e. The molecule has 0 nitrogen and oxygen atoms in total. The molecule has 0 atom stereocenters. The summed E-state index contributed by atoms with van der Waals surface area (Å²) in [5.41, 5.74) is 5.75. The Morgan fingerprint density at radius 1 is 0.636 bits per heavy atom. The Hall–Kier alpha value is -1.82. The number of fused-ring (bicyclic) bond motifs is 2. The first-order valence-electron chi connectivity index (χ1n) is 8.36. The van der Waals surface area contributed by atoms with E-state index in [0.717, 1.165) is 0 Å². The summed E-state index contributed by atoms with van der Waals surface area (Å²) in [7, 11) is 0. The van der Waals surface area contributed by atoms with Crippen molar-refractivity contribution in [3.63, 3.8) is 0 Å². The molecule has 0 bridgehead atoms. The highest BCUT2D eigenvalue weighted by Gasteiger charge is 2.10. The van der Waals surface area contributed by atoms with Crippen LogP contribution in [0.5, 0.6) is 0 Å². The normalized spacial score (nSPS) is 12.0. The number of hydrogen-bond acceptors (Lipinski definition) is 0. The molecule has 0 spiro atoms. The third kappa shape index (κ3) is 2.41. The predicted octanol–water partition coefficient (Wildman–Crippen LogP) is 6.86. The van der Waals surface area contributed by atoms with E-state index in [1.165, 1.54) is 43.8 Å². The van der Waals surface area contributed by atoms with Crippen LogP contribution in [0.25, 0.3) is 21.5 Å². The quantitative estimate of drug-likeness (QED) is 0.452.